The summed E-state index contributed by atoms with van der Waals surface area (Å²) in [6.07, 6.45) is 5.05. The van der Waals surface area contributed by atoms with E-state index in [0.717, 1.165) is 6.54 Å². The van der Waals surface area contributed by atoms with E-state index in [0.29, 0.717) is 11.4 Å². The van der Waals surface area contributed by atoms with Crippen LogP contribution in [0.3, 0.4) is 0 Å². The molecular weight excluding hydrogens is 242 g/mol. The third-order valence-corrected chi connectivity index (χ3v) is 3.76. The largest absolute Gasteiger partial charge is 0.461 e. The van der Waals surface area contributed by atoms with Crippen molar-refractivity contribution < 1.29 is 4.74 Å². The zero-order valence-electron chi connectivity index (χ0n) is 11.9. The molecule has 1 aromatic heterocycles. The SMILES string of the molecule is CCC1(CNc2nc(N)nc(OC(C)C)n2)CCC1. The highest BCUT2D eigenvalue weighted by atomic mass is 16.5. The highest BCUT2D eigenvalue weighted by Crippen LogP contribution is 2.43. The molecule has 0 aliphatic heterocycles. The maximum atomic E-state index is 5.67. The molecule has 6 nitrogen and oxygen atoms in total. The lowest BCUT2D eigenvalue weighted by Crippen LogP contribution is -2.36. The van der Waals surface area contributed by atoms with E-state index < -0.39 is 0 Å². The van der Waals surface area contributed by atoms with Crippen LogP contribution in [-0.2, 0) is 0 Å². The van der Waals surface area contributed by atoms with Gasteiger partial charge in [0.1, 0.15) is 0 Å². The van der Waals surface area contributed by atoms with Crippen LogP contribution in [-0.4, -0.2) is 27.6 Å². The van der Waals surface area contributed by atoms with Crippen LogP contribution in [0.1, 0.15) is 46.5 Å². The molecule has 0 unspecified atom stereocenters. The zero-order chi connectivity index (χ0) is 13.9. The third kappa shape index (κ3) is 3.45. The smallest absolute Gasteiger partial charge is 0.323 e. The number of hydrogen-bond acceptors (Lipinski definition) is 6. The first-order chi connectivity index (χ1) is 9.03. The van der Waals surface area contributed by atoms with Gasteiger partial charge in [0.05, 0.1) is 6.10 Å². The lowest BCUT2D eigenvalue weighted by Gasteiger charge is -2.41. The number of nitrogens with two attached hydrogens (primary N) is 1. The Morgan fingerprint density at radius 1 is 1.32 bits per heavy atom. The van der Waals surface area contributed by atoms with Crippen LogP contribution >= 0.6 is 0 Å². The first-order valence-corrected chi connectivity index (χ1v) is 6.95. The van der Waals surface area contributed by atoms with Crippen molar-refractivity contribution in [3.8, 4) is 6.01 Å². The molecule has 1 aliphatic carbocycles. The summed E-state index contributed by atoms with van der Waals surface area (Å²) in [5.74, 6) is 0.690. The van der Waals surface area contributed by atoms with Crippen LogP contribution in [0, 0.1) is 5.41 Å². The van der Waals surface area contributed by atoms with Crippen molar-refractivity contribution in [3.63, 3.8) is 0 Å². The molecule has 19 heavy (non-hydrogen) atoms. The average Bonchev–Trinajstić information content (AvgIpc) is 2.26. The van der Waals surface area contributed by atoms with Crippen molar-refractivity contribution in [2.24, 2.45) is 5.41 Å². The molecule has 2 rings (SSSR count). The van der Waals surface area contributed by atoms with Gasteiger partial charge in [-0.25, -0.2) is 0 Å². The molecular formula is C13H23N5O. The number of nitrogen functional groups attached to an aromatic ring is 1. The number of hydrogen-bond donors (Lipinski definition) is 2. The van der Waals surface area contributed by atoms with Gasteiger partial charge in [-0.05, 0) is 38.5 Å². The van der Waals surface area contributed by atoms with E-state index in [9.17, 15) is 0 Å². The molecule has 0 radical (unpaired) electrons. The van der Waals surface area contributed by atoms with Crippen molar-refractivity contribution in [2.45, 2.75) is 52.6 Å². The van der Waals surface area contributed by atoms with Gasteiger partial charge in [-0.3, -0.25) is 0 Å². The Labute approximate surface area is 114 Å². The van der Waals surface area contributed by atoms with E-state index >= 15 is 0 Å². The van der Waals surface area contributed by atoms with Crippen molar-refractivity contribution in [1.82, 2.24) is 15.0 Å². The Hall–Kier alpha value is -1.59. The predicted octanol–water partition coefficient (Wildman–Crippen LogP) is 2.23. The Kier molecular flexibility index (Phi) is 4.07. The van der Waals surface area contributed by atoms with Gasteiger partial charge in [0, 0.05) is 6.54 Å². The number of ether oxygens (including phenoxy) is 1. The standard InChI is InChI=1S/C13H23N5O/c1-4-13(6-5-7-13)8-15-11-16-10(14)17-12(18-11)19-9(2)3/h9H,4-8H2,1-3H3,(H3,14,15,16,17,18). The summed E-state index contributed by atoms with van der Waals surface area (Å²) in [6.45, 7) is 6.96. The molecule has 0 spiro atoms. The van der Waals surface area contributed by atoms with E-state index in [1.165, 1.54) is 25.7 Å². The Balaban J connectivity index is 2.01. The second-order valence-electron chi connectivity index (χ2n) is 5.53. The quantitative estimate of drug-likeness (QED) is 0.820. The van der Waals surface area contributed by atoms with Gasteiger partial charge in [-0.15, -0.1) is 0 Å². The molecule has 1 aliphatic rings. The highest BCUT2D eigenvalue weighted by Gasteiger charge is 2.34. The second-order valence-corrected chi connectivity index (χ2v) is 5.53. The molecule has 6 heteroatoms. The number of aromatic nitrogens is 3. The maximum absolute atomic E-state index is 5.67. The topological polar surface area (TPSA) is 86.0 Å². The lowest BCUT2D eigenvalue weighted by atomic mass is 9.67. The van der Waals surface area contributed by atoms with Crippen LogP contribution in [0.5, 0.6) is 6.01 Å². The number of nitrogens with one attached hydrogen (secondary N) is 1. The van der Waals surface area contributed by atoms with Gasteiger partial charge < -0.3 is 15.8 Å². The minimum absolute atomic E-state index is 0.0169. The summed E-state index contributed by atoms with van der Waals surface area (Å²) in [4.78, 5) is 12.3. The van der Waals surface area contributed by atoms with Crippen LogP contribution in [0.2, 0.25) is 0 Å². The molecule has 0 amide bonds. The van der Waals surface area contributed by atoms with Crippen LogP contribution in [0.15, 0.2) is 0 Å². The zero-order valence-corrected chi connectivity index (χ0v) is 11.9. The van der Waals surface area contributed by atoms with E-state index in [1.807, 2.05) is 13.8 Å². The Bertz CT molecular complexity index is 426. The predicted molar refractivity (Wildman–Crippen MR) is 75.1 cm³/mol. The molecule has 0 atom stereocenters. The maximum Gasteiger partial charge on any atom is 0.323 e. The van der Waals surface area contributed by atoms with E-state index in [-0.39, 0.29) is 18.1 Å². The normalized spacial score (nSPS) is 17.1. The first kappa shape index (κ1) is 13.8. The molecule has 1 aromatic rings. The molecule has 3 N–H and O–H groups in total. The summed E-state index contributed by atoms with van der Waals surface area (Å²) < 4.78 is 5.45. The van der Waals surface area contributed by atoms with Crippen LogP contribution in [0.4, 0.5) is 11.9 Å². The molecule has 1 heterocycles. The Morgan fingerprint density at radius 3 is 2.58 bits per heavy atom. The van der Waals surface area contributed by atoms with Gasteiger partial charge in [0.15, 0.2) is 0 Å². The van der Waals surface area contributed by atoms with E-state index in [4.69, 9.17) is 10.5 Å². The molecule has 1 saturated carbocycles. The third-order valence-electron chi connectivity index (χ3n) is 3.76. The van der Waals surface area contributed by atoms with E-state index in [2.05, 4.69) is 27.2 Å². The van der Waals surface area contributed by atoms with Crippen molar-refractivity contribution in [1.29, 1.82) is 0 Å². The van der Waals surface area contributed by atoms with Crippen LogP contribution < -0.4 is 15.8 Å². The van der Waals surface area contributed by atoms with Gasteiger partial charge in [0.2, 0.25) is 11.9 Å². The fraction of sp³-hybridized carbons (Fsp3) is 0.769. The molecule has 0 aromatic carbocycles. The fourth-order valence-corrected chi connectivity index (χ4v) is 2.31. The Morgan fingerprint density at radius 2 is 2.05 bits per heavy atom. The average molecular weight is 265 g/mol. The lowest BCUT2D eigenvalue weighted by molar-refractivity contribution is 0.144. The number of anilines is 2. The number of nitrogens with zero attached hydrogens (tertiary/aromatic N) is 3. The van der Waals surface area contributed by atoms with Crippen molar-refractivity contribution >= 4 is 11.9 Å². The summed E-state index contributed by atoms with van der Waals surface area (Å²) in [5.41, 5.74) is 6.07. The van der Waals surface area contributed by atoms with Gasteiger partial charge in [-0.2, -0.15) is 15.0 Å². The minimum Gasteiger partial charge on any atom is -0.461 e. The van der Waals surface area contributed by atoms with E-state index in [1.54, 1.807) is 0 Å². The molecule has 0 bridgehead atoms. The molecule has 1 fully saturated rings. The second kappa shape index (κ2) is 5.59. The minimum atomic E-state index is 0.0169. The summed E-state index contributed by atoms with van der Waals surface area (Å²) in [6, 6.07) is 0.282. The highest BCUT2D eigenvalue weighted by molar-refractivity contribution is 5.33. The molecule has 106 valence electrons. The van der Waals surface area contributed by atoms with Gasteiger partial charge in [-0.1, -0.05) is 13.3 Å². The summed E-state index contributed by atoms with van der Waals surface area (Å²) in [5, 5.41) is 3.27. The van der Waals surface area contributed by atoms with Gasteiger partial charge in [0.25, 0.3) is 0 Å². The first-order valence-electron chi connectivity index (χ1n) is 6.95. The van der Waals surface area contributed by atoms with Gasteiger partial charge >= 0.3 is 6.01 Å². The molecule has 0 saturated heterocycles. The van der Waals surface area contributed by atoms with Crippen molar-refractivity contribution in [3.05, 3.63) is 0 Å². The number of rotatable bonds is 6. The monoisotopic (exact) mass is 265 g/mol. The van der Waals surface area contributed by atoms with Crippen LogP contribution in [0.25, 0.3) is 0 Å². The summed E-state index contributed by atoms with van der Waals surface area (Å²) >= 11 is 0. The van der Waals surface area contributed by atoms with Crippen molar-refractivity contribution in [2.75, 3.05) is 17.6 Å². The fourth-order valence-electron chi connectivity index (χ4n) is 2.31. The summed E-state index contributed by atoms with van der Waals surface area (Å²) in [7, 11) is 0.